The van der Waals surface area contributed by atoms with Gasteiger partial charge >= 0.3 is 0 Å². The largest absolute Gasteiger partial charge is 0.381 e. The van der Waals surface area contributed by atoms with Crippen molar-refractivity contribution < 1.29 is 9.53 Å². The number of hydrogen-bond acceptors (Lipinski definition) is 5. The first-order chi connectivity index (χ1) is 18.6. The normalized spacial score (nSPS) is 18.2. The number of aromatic nitrogens is 3. The predicted molar refractivity (Wildman–Crippen MR) is 148 cm³/mol. The van der Waals surface area contributed by atoms with Gasteiger partial charge in [-0.2, -0.15) is 0 Å². The van der Waals surface area contributed by atoms with E-state index in [2.05, 4.69) is 33.5 Å². The van der Waals surface area contributed by atoms with Crippen molar-refractivity contribution in [1.82, 2.24) is 19.3 Å². The Morgan fingerprint density at radius 2 is 1.92 bits per heavy atom. The number of carbonyl (C=O) groups is 1. The summed E-state index contributed by atoms with van der Waals surface area (Å²) in [6.07, 6.45) is 4.26. The van der Waals surface area contributed by atoms with Gasteiger partial charge in [0, 0.05) is 36.1 Å². The zero-order valence-corrected chi connectivity index (χ0v) is 22.0. The number of ether oxygens (including phenoxy) is 1. The third-order valence-electron chi connectivity index (χ3n) is 8.01. The van der Waals surface area contributed by atoms with Crippen molar-refractivity contribution in [1.29, 1.82) is 0 Å². The molecule has 0 bridgehead atoms. The number of aryl methyl sites for hydroxylation is 1. The lowest BCUT2D eigenvalue weighted by atomic mass is 9.92. The van der Waals surface area contributed by atoms with Crippen molar-refractivity contribution in [3.8, 4) is 0 Å². The number of rotatable bonds is 3. The number of imidazole rings is 1. The Bertz CT molecular complexity index is 1730. The van der Waals surface area contributed by atoms with Crippen LogP contribution < -0.4 is 5.56 Å². The second-order valence-corrected chi connectivity index (χ2v) is 11.2. The predicted octanol–water partition coefficient (Wildman–Crippen LogP) is 5.23. The Hall–Kier alpha value is -3.75. The highest BCUT2D eigenvalue weighted by Gasteiger charge is 2.34. The summed E-state index contributed by atoms with van der Waals surface area (Å²) in [5.41, 5.74) is 5.64. The first kappa shape index (κ1) is 23.4. The highest BCUT2D eigenvalue weighted by molar-refractivity contribution is 7.10. The minimum atomic E-state index is -0.200. The maximum absolute atomic E-state index is 14.2. The van der Waals surface area contributed by atoms with E-state index in [0.29, 0.717) is 36.4 Å². The SMILES string of the molecule is Cc1cc2c(cc1C(=O)N1CCc3sccc3C1c1ccccc1)[nH]c(=O)c1cnc(C3CCOCC3)n12. The molecular weight excluding hydrogens is 496 g/mol. The molecule has 1 N–H and O–H groups in total. The molecule has 3 aromatic heterocycles. The number of aromatic amines is 1. The van der Waals surface area contributed by atoms with E-state index in [-0.39, 0.29) is 23.4 Å². The summed E-state index contributed by atoms with van der Waals surface area (Å²) in [6, 6.07) is 16.1. The summed E-state index contributed by atoms with van der Waals surface area (Å²) >= 11 is 1.76. The molecule has 1 saturated heterocycles. The molecular formula is C30H28N4O3S. The Kier molecular flexibility index (Phi) is 5.67. The lowest BCUT2D eigenvalue weighted by Gasteiger charge is -2.36. The zero-order chi connectivity index (χ0) is 25.8. The van der Waals surface area contributed by atoms with Crippen LogP contribution >= 0.6 is 11.3 Å². The van der Waals surface area contributed by atoms with Crippen LogP contribution in [0.4, 0.5) is 0 Å². The van der Waals surface area contributed by atoms with Crippen molar-refractivity contribution in [2.75, 3.05) is 19.8 Å². The molecule has 5 aromatic rings. The van der Waals surface area contributed by atoms with Gasteiger partial charge in [-0.15, -0.1) is 11.3 Å². The van der Waals surface area contributed by atoms with Crippen LogP contribution in [-0.4, -0.2) is 44.9 Å². The number of hydrogen-bond donors (Lipinski definition) is 1. The van der Waals surface area contributed by atoms with E-state index in [1.807, 2.05) is 46.6 Å². The second kappa shape index (κ2) is 9.22. The number of thiophene rings is 1. The average molecular weight is 525 g/mol. The van der Waals surface area contributed by atoms with Crippen molar-refractivity contribution in [3.63, 3.8) is 0 Å². The minimum Gasteiger partial charge on any atom is -0.381 e. The molecule has 1 fully saturated rings. The van der Waals surface area contributed by atoms with Gasteiger partial charge in [-0.05, 0) is 66.5 Å². The smallest absolute Gasteiger partial charge is 0.274 e. The van der Waals surface area contributed by atoms with Crippen molar-refractivity contribution in [2.45, 2.75) is 38.1 Å². The molecule has 38 heavy (non-hydrogen) atoms. The summed E-state index contributed by atoms with van der Waals surface area (Å²) in [5.74, 6) is 1.10. The summed E-state index contributed by atoms with van der Waals surface area (Å²) in [5, 5.41) is 2.12. The van der Waals surface area contributed by atoms with Crippen LogP contribution in [0.1, 0.15) is 62.6 Å². The summed E-state index contributed by atoms with van der Waals surface area (Å²) in [6.45, 7) is 4.02. The average Bonchev–Trinajstić information content (AvgIpc) is 3.61. The van der Waals surface area contributed by atoms with Crippen LogP contribution in [0.5, 0.6) is 0 Å². The summed E-state index contributed by atoms with van der Waals surface area (Å²) in [4.78, 5) is 38.3. The van der Waals surface area contributed by atoms with Crippen LogP contribution in [0, 0.1) is 6.92 Å². The third kappa shape index (κ3) is 3.70. The van der Waals surface area contributed by atoms with Gasteiger partial charge in [0.1, 0.15) is 11.3 Å². The van der Waals surface area contributed by atoms with Crippen LogP contribution in [0.3, 0.4) is 0 Å². The minimum absolute atomic E-state index is 0.0219. The van der Waals surface area contributed by atoms with Crippen molar-refractivity contribution >= 4 is 33.8 Å². The van der Waals surface area contributed by atoms with Crippen LogP contribution in [0.25, 0.3) is 16.6 Å². The van der Waals surface area contributed by atoms with Gasteiger partial charge in [-0.25, -0.2) is 4.98 Å². The second-order valence-electron chi connectivity index (χ2n) is 10.2. The molecule has 2 aromatic carbocycles. The molecule has 0 aliphatic carbocycles. The molecule has 7 nitrogen and oxygen atoms in total. The van der Waals surface area contributed by atoms with Gasteiger partial charge in [0.2, 0.25) is 0 Å². The van der Waals surface area contributed by atoms with E-state index in [1.54, 1.807) is 17.5 Å². The zero-order valence-electron chi connectivity index (χ0n) is 21.1. The molecule has 8 heteroatoms. The van der Waals surface area contributed by atoms with Gasteiger partial charge in [0.25, 0.3) is 11.5 Å². The maximum Gasteiger partial charge on any atom is 0.274 e. The monoisotopic (exact) mass is 524 g/mol. The molecule has 0 saturated carbocycles. The third-order valence-corrected chi connectivity index (χ3v) is 9.01. The lowest BCUT2D eigenvalue weighted by Crippen LogP contribution is -2.40. The van der Waals surface area contributed by atoms with E-state index >= 15 is 0 Å². The highest BCUT2D eigenvalue weighted by atomic mass is 32.1. The number of nitrogens with zero attached hydrogens (tertiary/aromatic N) is 3. The molecule has 2 aliphatic heterocycles. The number of fused-ring (bicyclic) bond motifs is 4. The van der Waals surface area contributed by atoms with Gasteiger partial charge in [-0.3, -0.25) is 14.0 Å². The van der Waals surface area contributed by atoms with Crippen molar-refractivity contribution in [3.05, 3.63) is 103 Å². The molecule has 7 rings (SSSR count). The van der Waals surface area contributed by atoms with E-state index in [1.165, 1.54) is 10.4 Å². The van der Waals surface area contributed by atoms with Crippen molar-refractivity contribution in [2.24, 2.45) is 0 Å². The summed E-state index contributed by atoms with van der Waals surface area (Å²) < 4.78 is 7.53. The molecule has 1 unspecified atom stereocenters. The topological polar surface area (TPSA) is 79.7 Å². The highest BCUT2D eigenvalue weighted by Crippen LogP contribution is 2.39. The molecule has 0 spiro atoms. The van der Waals surface area contributed by atoms with Crippen LogP contribution in [0.2, 0.25) is 0 Å². The van der Waals surface area contributed by atoms with Gasteiger partial charge < -0.3 is 14.6 Å². The van der Waals surface area contributed by atoms with E-state index in [0.717, 1.165) is 41.7 Å². The molecule has 1 atom stereocenters. The van der Waals surface area contributed by atoms with E-state index < -0.39 is 0 Å². The molecule has 1 amide bonds. The van der Waals surface area contributed by atoms with Gasteiger partial charge in [0.05, 0.1) is 23.3 Å². The lowest BCUT2D eigenvalue weighted by molar-refractivity contribution is 0.0695. The standard InChI is InChI=1S/C30H28N4O3S/c1-18-15-24-23(32-29(35)25-17-31-28(34(24)25)20-8-12-37-13-9-20)16-22(18)30(36)33-11-7-26-21(10-14-38-26)27(33)19-5-3-2-4-6-19/h2-6,10,14-17,20,27H,7-9,11-13H2,1H3,(H,32,35). The van der Waals surface area contributed by atoms with Gasteiger partial charge in [-0.1, -0.05) is 30.3 Å². The first-order valence-electron chi connectivity index (χ1n) is 13.1. The van der Waals surface area contributed by atoms with Gasteiger partial charge in [0.15, 0.2) is 0 Å². The van der Waals surface area contributed by atoms with Crippen LogP contribution in [-0.2, 0) is 11.2 Å². The Labute approximate surface area is 223 Å². The fourth-order valence-corrected chi connectivity index (χ4v) is 7.01. The fourth-order valence-electron chi connectivity index (χ4n) is 6.10. The molecule has 2 aliphatic rings. The number of amides is 1. The molecule has 192 valence electrons. The number of H-pyrrole nitrogens is 1. The van der Waals surface area contributed by atoms with E-state index in [9.17, 15) is 9.59 Å². The number of carbonyl (C=O) groups excluding carboxylic acids is 1. The summed E-state index contributed by atoms with van der Waals surface area (Å²) in [7, 11) is 0. The fraction of sp³-hybridized carbons (Fsp3) is 0.300. The first-order valence-corrected chi connectivity index (χ1v) is 14.0. The molecule has 0 radical (unpaired) electrons. The Morgan fingerprint density at radius 3 is 2.74 bits per heavy atom. The quantitative estimate of drug-likeness (QED) is 0.351. The Balaban J connectivity index is 1.35. The number of nitrogens with one attached hydrogen (secondary N) is 1. The Morgan fingerprint density at radius 1 is 1.11 bits per heavy atom. The van der Waals surface area contributed by atoms with E-state index in [4.69, 9.17) is 4.74 Å². The van der Waals surface area contributed by atoms with Crippen LogP contribution in [0.15, 0.2) is 64.9 Å². The number of benzene rings is 2. The maximum atomic E-state index is 14.2. The molecule has 5 heterocycles.